The maximum absolute atomic E-state index is 11.5. The summed E-state index contributed by atoms with van der Waals surface area (Å²) in [4.78, 5) is 0. The maximum Gasteiger partial charge on any atom is 0.152 e. The zero-order chi connectivity index (χ0) is 12.4. The Morgan fingerprint density at radius 1 is 1.44 bits per heavy atom. The van der Waals surface area contributed by atoms with Gasteiger partial charge in [0.25, 0.3) is 0 Å². The fourth-order valence-corrected chi connectivity index (χ4v) is 2.84. The molecule has 5 nitrogen and oxygen atoms in total. The number of nitrogens with one attached hydrogen (secondary N) is 1. The molecule has 0 fully saturated rings. The van der Waals surface area contributed by atoms with Gasteiger partial charge in [0.2, 0.25) is 0 Å². The molecule has 2 N–H and O–H groups in total. The second kappa shape index (κ2) is 8.92. The zero-order valence-corrected chi connectivity index (χ0v) is 10.9. The molecule has 0 rings (SSSR count). The Morgan fingerprint density at radius 3 is 2.69 bits per heavy atom. The third-order valence-corrected chi connectivity index (χ3v) is 3.92. The molecule has 0 aliphatic carbocycles. The van der Waals surface area contributed by atoms with Crippen LogP contribution in [-0.4, -0.2) is 57.9 Å². The minimum Gasteiger partial charge on any atom is -0.391 e. The van der Waals surface area contributed by atoms with Crippen molar-refractivity contribution in [1.82, 2.24) is 5.32 Å². The van der Waals surface area contributed by atoms with E-state index in [0.29, 0.717) is 19.6 Å². The summed E-state index contributed by atoms with van der Waals surface area (Å²) in [6.45, 7) is 3.39. The highest BCUT2D eigenvalue weighted by Gasteiger charge is 2.16. The standard InChI is InChI=1S/C10H23NO4S/c1-3-4-7-16(13,14)9-10(12)8-11-5-6-15-2/h10-12H,3-9H2,1-2H3. The van der Waals surface area contributed by atoms with Crippen LogP contribution in [0.4, 0.5) is 0 Å². The van der Waals surface area contributed by atoms with E-state index in [-0.39, 0.29) is 18.1 Å². The van der Waals surface area contributed by atoms with Crippen LogP contribution in [0.2, 0.25) is 0 Å². The lowest BCUT2D eigenvalue weighted by atomic mass is 10.4. The molecule has 0 aromatic carbocycles. The van der Waals surface area contributed by atoms with E-state index in [0.717, 1.165) is 6.42 Å². The number of hydrogen-bond acceptors (Lipinski definition) is 5. The van der Waals surface area contributed by atoms with Crippen LogP contribution in [0, 0.1) is 0 Å². The minimum absolute atomic E-state index is 0.160. The molecular weight excluding hydrogens is 230 g/mol. The third kappa shape index (κ3) is 9.08. The normalized spacial score (nSPS) is 13.9. The Morgan fingerprint density at radius 2 is 2.12 bits per heavy atom. The molecule has 16 heavy (non-hydrogen) atoms. The van der Waals surface area contributed by atoms with Crippen LogP contribution in [0.5, 0.6) is 0 Å². The van der Waals surface area contributed by atoms with Gasteiger partial charge in [0.1, 0.15) is 0 Å². The van der Waals surface area contributed by atoms with E-state index in [9.17, 15) is 13.5 Å². The topological polar surface area (TPSA) is 75.6 Å². The molecule has 98 valence electrons. The Labute approximate surface area is 98.1 Å². The number of aliphatic hydroxyl groups excluding tert-OH is 1. The summed E-state index contributed by atoms with van der Waals surface area (Å²) >= 11 is 0. The zero-order valence-electron chi connectivity index (χ0n) is 10.1. The van der Waals surface area contributed by atoms with E-state index >= 15 is 0 Å². The molecule has 0 spiro atoms. The number of hydrogen-bond donors (Lipinski definition) is 2. The summed E-state index contributed by atoms with van der Waals surface area (Å²) < 4.78 is 27.8. The van der Waals surface area contributed by atoms with E-state index in [2.05, 4.69) is 5.32 Å². The van der Waals surface area contributed by atoms with Gasteiger partial charge in [-0.05, 0) is 6.42 Å². The summed E-state index contributed by atoms with van der Waals surface area (Å²) in [7, 11) is -1.52. The van der Waals surface area contributed by atoms with Crippen LogP contribution < -0.4 is 5.32 Å². The van der Waals surface area contributed by atoms with Crippen molar-refractivity contribution in [1.29, 1.82) is 0 Å². The number of methoxy groups -OCH3 is 1. The van der Waals surface area contributed by atoms with Crippen molar-refractivity contribution in [3.05, 3.63) is 0 Å². The number of aliphatic hydroxyl groups is 1. The van der Waals surface area contributed by atoms with Gasteiger partial charge in [-0.1, -0.05) is 13.3 Å². The molecule has 0 aromatic heterocycles. The molecule has 0 amide bonds. The number of ether oxygens (including phenoxy) is 1. The van der Waals surface area contributed by atoms with Crippen LogP contribution in [0.1, 0.15) is 19.8 Å². The summed E-state index contributed by atoms with van der Waals surface area (Å²) in [5.74, 6) is 0.00557. The first-order valence-electron chi connectivity index (χ1n) is 5.60. The largest absolute Gasteiger partial charge is 0.391 e. The lowest BCUT2D eigenvalue weighted by molar-refractivity contribution is 0.174. The van der Waals surface area contributed by atoms with Gasteiger partial charge < -0.3 is 15.2 Å². The van der Waals surface area contributed by atoms with Gasteiger partial charge in [-0.25, -0.2) is 8.42 Å². The Balaban J connectivity index is 3.72. The van der Waals surface area contributed by atoms with Gasteiger partial charge in [-0.3, -0.25) is 0 Å². The molecular formula is C10H23NO4S. The highest BCUT2D eigenvalue weighted by Crippen LogP contribution is 1.99. The Bertz CT molecular complexity index is 254. The molecule has 0 saturated carbocycles. The van der Waals surface area contributed by atoms with Crippen molar-refractivity contribution in [2.75, 3.05) is 38.3 Å². The third-order valence-electron chi connectivity index (χ3n) is 2.12. The smallest absolute Gasteiger partial charge is 0.152 e. The van der Waals surface area contributed by atoms with Gasteiger partial charge >= 0.3 is 0 Å². The lowest BCUT2D eigenvalue weighted by Crippen LogP contribution is -2.34. The van der Waals surface area contributed by atoms with Gasteiger partial charge in [0, 0.05) is 20.2 Å². The first-order valence-corrected chi connectivity index (χ1v) is 7.42. The van der Waals surface area contributed by atoms with Gasteiger partial charge in [-0.15, -0.1) is 0 Å². The minimum atomic E-state index is -3.11. The fraction of sp³-hybridized carbons (Fsp3) is 1.00. The highest BCUT2D eigenvalue weighted by molar-refractivity contribution is 7.91. The molecule has 0 aliphatic rings. The van der Waals surface area contributed by atoms with Crippen molar-refractivity contribution in [3.63, 3.8) is 0 Å². The lowest BCUT2D eigenvalue weighted by Gasteiger charge is -2.11. The number of unbranched alkanes of at least 4 members (excludes halogenated alkanes) is 1. The van der Waals surface area contributed by atoms with E-state index in [4.69, 9.17) is 4.74 Å². The molecule has 0 radical (unpaired) electrons. The van der Waals surface area contributed by atoms with E-state index in [1.165, 1.54) is 0 Å². The maximum atomic E-state index is 11.5. The Kier molecular flexibility index (Phi) is 8.83. The van der Waals surface area contributed by atoms with Gasteiger partial charge in [0.05, 0.1) is 24.2 Å². The predicted molar refractivity (Wildman–Crippen MR) is 64.3 cm³/mol. The fourth-order valence-electron chi connectivity index (χ4n) is 1.24. The van der Waals surface area contributed by atoms with Crippen LogP contribution >= 0.6 is 0 Å². The van der Waals surface area contributed by atoms with E-state index < -0.39 is 15.9 Å². The second-order valence-corrected chi connectivity index (χ2v) is 6.05. The van der Waals surface area contributed by atoms with Crippen molar-refractivity contribution in [3.8, 4) is 0 Å². The monoisotopic (exact) mass is 253 g/mol. The summed E-state index contributed by atoms with van der Waals surface area (Å²) in [6, 6.07) is 0. The predicted octanol–water partition coefficient (Wildman–Crippen LogP) is -0.202. The van der Waals surface area contributed by atoms with Crippen LogP contribution in [0.25, 0.3) is 0 Å². The summed E-state index contributed by atoms with van der Waals surface area (Å²) in [5.41, 5.74) is 0. The average molecular weight is 253 g/mol. The second-order valence-electron chi connectivity index (χ2n) is 3.82. The van der Waals surface area contributed by atoms with Crippen molar-refractivity contribution in [2.45, 2.75) is 25.9 Å². The molecule has 0 bridgehead atoms. The van der Waals surface area contributed by atoms with Gasteiger partial charge in [0.15, 0.2) is 9.84 Å². The average Bonchev–Trinajstić information content (AvgIpc) is 2.21. The Hall–Kier alpha value is -0.170. The summed E-state index contributed by atoms with van der Waals surface area (Å²) in [5, 5.41) is 12.4. The van der Waals surface area contributed by atoms with Crippen LogP contribution in [-0.2, 0) is 14.6 Å². The first-order chi connectivity index (χ1) is 7.52. The van der Waals surface area contributed by atoms with Gasteiger partial charge in [-0.2, -0.15) is 0 Å². The van der Waals surface area contributed by atoms with Crippen molar-refractivity contribution < 1.29 is 18.3 Å². The highest BCUT2D eigenvalue weighted by atomic mass is 32.2. The molecule has 0 saturated heterocycles. The molecule has 0 heterocycles. The van der Waals surface area contributed by atoms with Crippen molar-refractivity contribution >= 4 is 9.84 Å². The SMILES string of the molecule is CCCCS(=O)(=O)CC(O)CNCCOC. The van der Waals surface area contributed by atoms with E-state index in [1.54, 1.807) is 7.11 Å². The summed E-state index contributed by atoms with van der Waals surface area (Å²) in [6.07, 6.45) is 0.673. The number of rotatable bonds is 10. The number of sulfone groups is 1. The molecule has 0 aromatic rings. The molecule has 0 aliphatic heterocycles. The first kappa shape index (κ1) is 15.8. The van der Waals surface area contributed by atoms with E-state index in [1.807, 2.05) is 6.92 Å². The van der Waals surface area contributed by atoms with Crippen molar-refractivity contribution in [2.24, 2.45) is 0 Å². The van der Waals surface area contributed by atoms with Crippen LogP contribution in [0.15, 0.2) is 0 Å². The molecule has 6 heteroatoms. The van der Waals surface area contributed by atoms with Crippen LogP contribution in [0.3, 0.4) is 0 Å². The molecule has 1 atom stereocenters. The quantitative estimate of drug-likeness (QED) is 0.527. The molecule has 1 unspecified atom stereocenters.